The van der Waals surface area contributed by atoms with Crippen LogP contribution in [0.2, 0.25) is 0 Å². The van der Waals surface area contributed by atoms with E-state index in [2.05, 4.69) is 5.32 Å². The molecule has 2 unspecified atom stereocenters. The van der Waals surface area contributed by atoms with Crippen LogP contribution in [-0.2, 0) is 16.0 Å². The zero-order valence-electron chi connectivity index (χ0n) is 14.7. The molecule has 5 heteroatoms. The van der Waals surface area contributed by atoms with Crippen LogP contribution in [-0.4, -0.2) is 46.6 Å². The van der Waals surface area contributed by atoms with Crippen molar-refractivity contribution in [1.29, 1.82) is 0 Å². The predicted molar refractivity (Wildman–Crippen MR) is 95.9 cm³/mol. The van der Waals surface area contributed by atoms with E-state index in [1.165, 1.54) is 6.42 Å². The number of carbonyl (C=O) groups is 2. The average molecular weight is 344 g/mol. The summed E-state index contributed by atoms with van der Waals surface area (Å²) in [5.41, 5.74) is 0.973. The highest BCUT2D eigenvalue weighted by atomic mass is 16.3. The predicted octanol–water partition coefficient (Wildman–Crippen LogP) is 2.03. The number of nitrogens with one attached hydrogen (secondary N) is 1. The molecule has 1 aromatic carbocycles. The highest BCUT2D eigenvalue weighted by Crippen LogP contribution is 2.23. The summed E-state index contributed by atoms with van der Waals surface area (Å²) in [7, 11) is 0. The van der Waals surface area contributed by atoms with Crippen LogP contribution < -0.4 is 5.32 Å². The lowest BCUT2D eigenvalue weighted by Gasteiger charge is -2.30. The van der Waals surface area contributed by atoms with Gasteiger partial charge in [0.2, 0.25) is 0 Å². The first kappa shape index (κ1) is 18.1. The van der Waals surface area contributed by atoms with Gasteiger partial charge in [-0.1, -0.05) is 49.6 Å². The molecule has 0 bridgehead atoms. The Kier molecular flexibility index (Phi) is 6.21. The number of Topliss-reactive ketones (excluding diaryl/α,β-unsaturated/α-hetero) is 1. The number of rotatable bonds is 6. The minimum atomic E-state index is -1.23. The minimum absolute atomic E-state index is 0.0771. The molecule has 0 radical (unpaired) electrons. The Morgan fingerprint density at radius 1 is 1.08 bits per heavy atom. The van der Waals surface area contributed by atoms with E-state index in [0.717, 1.165) is 37.7 Å². The van der Waals surface area contributed by atoms with Crippen LogP contribution in [0.4, 0.5) is 0 Å². The van der Waals surface area contributed by atoms with Gasteiger partial charge in [-0.05, 0) is 31.2 Å². The molecule has 5 nitrogen and oxygen atoms in total. The van der Waals surface area contributed by atoms with E-state index < -0.39 is 6.23 Å². The van der Waals surface area contributed by atoms with Crippen molar-refractivity contribution in [3.05, 3.63) is 35.9 Å². The maximum absolute atomic E-state index is 12.7. The van der Waals surface area contributed by atoms with Gasteiger partial charge in [0, 0.05) is 19.0 Å². The zero-order chi connectivity index (χ0) is 17.6. The molecule has 1 aliphatic carbocycles. The Balaban J connectivity index is 1.57. The van der Waals surface area contributed by atoms with Crippen molar-refractivity contribution in [1.82, 2.24) is 10.2 Å². The maximum atomic E-state index is 12.7. The number of aliphatic hydroxyl groups is 1. The Morgan fingerprint density at radius 3 is 2.52 bits per heavy atom. The molecule has 0 aromatic heterocycles. The van der Waals surface area contributed by atoms with Crippen LogP contribution >= 0.6 is 0 Å². The Labute approximate surface area is 149 Å². The molecule has 1 heterocycles. The van der Waals surface area contributed by atoms with Crippen LogP contribution in [0.5, 0.6) is 0 Å². The van der Waals surface area contributed by atoms with E-state index >= 15 is 0 Å². The molecule has 136 valence electrons. The van der Waals surface area contributed by atoms with Crippen LogP contribution in [0.3, 0.4) is 0 Å². The highest BCUT2D eigenvalue weighted by Gasteiger charge is 2.37. The number of nitrogens with zero attached hydrogens (tertiary/aromatic N) is 1. The lowest BCUT2D eigenvalue weighted by atomic mass is 9.95. The summed E-state index contributed by atoms with van der Waals surface area (Å²) in [5, 5.41) is 13.5. The second-order valence-electron chi connectivity index (χ2n) is 7.24. The van der Waals surface area contributed by atoms with Gasteiger partial charge >= 0.3 is 0 Å². The van der Waals surface area contributed by atoms with Gasteiger partial charge in [-0.3, -0.25) is 14.5 Å². The molecule has 1 saturated heterocycles. The summed E-state index contributed by atoms with van der Waals surface area (Å²) in [5.74, 6) is -0.278. The number of likely N-dealkylation sites (tertiary alicyclic amines) is 1. The summed E-state index contributed by atoms with van der Waals surface area (Å²) < 4.78 is 0. The van der Waals surface area contributed by atoms with E-state index in [1.54, 1.807) is 4.90 Å². The van der Waals surface area contributed by atoms with Gasteiger partial charge < -0.3 is 10.4 Å². The molecule has 2 aliphatic rings. The van der Waals surface area contributed by atoms with Gasteiger partial charge in [-0.15, -0.1) is 0 Å². The van der Waals surface area contributed by atoms with Gasteiger partial charge in [-0.2, -0.15) is 0 Å². The SMILES string of the molecule is O=C(NC1CCCCC1)C(O)N1CCCC1C(=O)Cc1ccccc1. The standard InChI is InChI=1S/C20H28N2O3/c23-18(14-15-8-3-1-4-9-15)17-12-7-13-22(17)20(25)19(24)21-16-10-5-2-6-11-16/h1,3-4,8-9,16-17,20,25H,2,5-7,10-14H2,(H,21,24). The molecule has 1 aromatic rings. The molecule has 2 fully saturated rings. The monoisotopic (exact) mass is 344 g/mol. The fraction of sp³-hybridized carbons (Fsp3) is 0.600. The van der Waals surface area contributed by atoms with E-state index in [4.69, 9.17) is 0 Å². The summed E-state index contributed by atoms with van der Waals surface area (Å²) >= 11 is 0. The molecule has 0 spiro atoms. The number of hydrogen-bond acceptors (Lipinski definition) is 4. The lowest BCUT2D eigenvalue weighted by Crippen LogP contribution is -2.53. The fourth-order valence-electron chi connectivity index (χ4n) is 4.02. The Bertz CT molecular complexity index is 584. The number of carbonyl (C=O) groups excluding carboxylic acids is 2. The first-order chi connectivity index (χ1) is 12.1. The Morgan fingerprint density at radius 2 is 1.80 bits per heavy atom. The van der Waals surface area contributed by atoms with Crippen molar-refractivity contribution in [3.63, 3.8) is 0 Å². The number of hydrogen-bond donors (Lipinski definition) is 2. The minimum Gasteiger partial charge on any atom is -0.370 e. The highest BCUT2D eigenvalue weighted by molar-refractivity contribution is 5.88. The normalized spacial score (nSPS) is 23.3. The van der Waals surface area contributed by atoms with E-state index in [1.807, 2.05) is 30.3 Å². The molecule has 1 aliphatic heterocycles. The van der Waals surface area contributed by atoms with E-state index in [9.17, 15) is 14.7 Å². The van der Waals surface area contributed by atoms with Crippen molar-refractivity contribution < 1.29 is 14.7 Å². The molecule has 2 atom stereocenters. The summed E-state index contributed by atoms with van der Waals surface area (Å²) in [6.45, 7) is 0.588. The third-order valence-corrected chi connectivity index (χ3v) is 5.39. The largest absolute Gasteiger partial charge is 0.370 e. The number of aliphatic hydroxyl groups excluding tert-OH is 1. The number of benzene rings is 1. The summed E-state index contributed by atoms with van der Waals surface area (Å²) in [6.07, 6.45) is 6.10. The van der Waals surface area contributed by atoms with Crippen LogP contribution in [0.15, 0.2) is 30.3 Å². The third kappa shape index (κ3) is 4.67. The fourth-order valence-corrected chi connectivity index (χ4v) is 4.02. The first-order valence-electron chi connectivity index (χ1n) is 9.46. The second kappa shape index (κ2) is 8.59. The topological polar surface area (TPSA) is 69.6 Å². The quantitative estimate of drug-likeness (QED) is 0.828. The second-order valence-corrected chi connectivity index (χ2v) is 7.24. The van der Waals surface area contributed by atoms with E-state index in [0.29, 0.717) is 19.4 Å². The molecule has 25 heavy (non-hydrogen) atoms. The van der Waals surface area contributed by atoms with Crippen molar-refractivity contribution >= 4 is 11.7 Å². The van der Waals surface area contributed by atoms with Crippen LogP contribution in [0, 0.1) is 0 Å². The van der Waals surface area contributed by atoms with E-state index in [-0.39, 0.29) is 23.8 Å². The van der Waals surface area contributed by atoms with Gasteiger partial charge in [0.1, 0.15) is 0 Å². The van der Waals surface area contributed by atoms with Crippen molar-refractivity contribution in [3.8, 4) is 0 Å². The third-order valence-electron chi connectivity index (χ3n) is 5.39. The molecule has 2 N–H and O–H groups in total. The first-order valence-corrected chi connectivity index (χ1v) is 9.46. The maximum Gasteiger partial charge on any atom is 0.264 e. The lowest BCUT2D eigenvalue weighted by molar-refractivity contribution is -0.144. The number of amides is 1. The molecule has 1 saturated carbocycles. The molecular weight excluding hydrogens is 316 g/mol. The van der Waals surface area contributed by atoms with Crippen LogP contribution in [0.1, 0.15) is 50.5 Å². The average Bonchev–Trinajstić information content (AvgIpc) is 3.12. The van der Waals surface area contributed by atoms with Gasteiger partial charge in [0.25, 0.3) is 5.91 Å². The van der Waals surface area contributed by atoms with Gasteiger partial charge in [0.15, 0.2) is 12.0 Å². The number of ketones is 1. The van der Waals surface area contributed by atoms with Gasteiger partial charge in [-0.25, -0.2) is 0 Å². The van der Waals surface area contributed by atoms with Crippen LogP contribution in [0.25, 0.3) is 0 Å². The van der Waals surface area contributed by atoms with Crippen molar-refractivity contribution in [2.24, 2.45) is 0 Å². The smallest absolute Gasteiger partial charge is 0.264 e. The van der Waals surface area contributed by atoms with Crippen molar-refractivity contribution in [2.45, 2.75) is 69.7 Å². The van der Waals surface area contributed by atoms with Gasteiger partial charge in [0.05, 0.1) is 6.04 Å². The Hall–Kier alpha value is -1.72. The zero-order valence-corrected chi connectivity index (χ0v) is 14.7. The summed E-state index contributed by atoms with van der Waals surface area (Å²) in [6, 6.07) is 9.43. The molecule has 1 amide bonds. The summed E-state index contributed by atoms with van der Waals surface area (Å²) in [4.78, 5) is 26.7. The van der Waals surface area contributed by atoms with Crippen molar-refractivity contribution in [2.75, 3.05) is 6.54 Å². The molecular formula is C20H28N2O3. The molecule has 3 rings (SSSR count).